The molecule has 3 aliphatic heterocycles. The van der Waals surface area contributed by atoms with Crippen LogP contribution in [0.5, 0.6) is 0 Å². The molecule has 1 atom stereocenters. The number of carbonyl (C=O) groups is 1. The van der Waals surface area contributed by atoms with Crippen LogP contribution in [0.2, 0.25) is 0 Å². The Kier molecular flexibility index (Phi) is 6.65. The SMILES string of the molecule is COCCCN1CCc2[nH]cnc2C1C1CCN(C(=O)C2CCOCC2)CC1. The summed E-state index contributed by atoms with van der Waals surface area (Å²) in [6.07, 6.45) is 7.82. The number of hydrogen-bond acceptors (Lipinski definition) is 5. The molecule has 7 heteroatoms. The van der Waals surface area contributed by atoms with E-state index in [0.29, 0.717) is 17.9 Å². The molecule has 28 heavy (non-hydrogen) atoms. The van der Waals surface area contributed by atoms with Gasteiger partial charge in [-0.1, -0.05) is 0 Å². The first kappa shape index (κ1) is 19.9. The fourth-order valence-electron chi connectivity index (χ4n) is 5.18. The van der Waals surface area contributed by atoms with Gasteiger partial charge in [0.2, 0.25) is 5.91 Å². The van der Waals surface area contributed by atoms with E-state index in [2.05, 4.69) is 14.8 Å². The molecule has 0 radical (unpaired) electrons. The molecule has 1 amide bonds. The summed E-state index contributed by atoms with van der Waals surface area (Å²) >= 11 is 0. The van der Waals surface area contributed by atoms with Crippen molar-refractivity contribution in [2.75, 3.05) is 53.1 Å². The third-order valence-corrected chi connectivity index (χ3v) is 6.74. The van der Waals surface area contributed by atoms with Crippen LogP contribution in [0.15, 0.2) is 6.33 Å². The van der Waals surface area contributed by atoms with Crippen molar-refractivity contribution in [1.82, 2.24) is 19.8 Å². The molecule has 0 spiro atoms. The van der Waals surface area contributed by atoms with Crippen LogP contribution in [0, 0.1) is 11.8 Å². The largest absolute Gasteiger partial charge is 0.385 e. The molecule has 2 fully saturated rings. The zero-order valence-corrected chi connectivity index (χ0v) is 17.1. The van der Waals surface area contributed by atoms with Crippen molar-refractivity contribution in [3.05, 3.63) is 17.7 Å². The van der Waals surface area contributed by atoms with E-state index >= 15 is 0 Å². The molecule has 1 aromatic heterocycles. The van der Waals surface area contributed by atoms with E-state index in [1.807, 2.05) is 6.33 Å². The molecule has 1 N–H and O–H groups in total. The minimum Gasteiger partial charge on any atom is -0.385 e. The van der Waals surface area contributed by atoms with E-state index in [9.17, 15) is 4.79 Å². The smallest absolute Gasteiger partial charge is 0.225 e. The predicted molar refractivity (Wildman–Crippen MR) is 106 cm³/mol. The molecule has 156 valence electrons. The molecule has 0 aliphatic carbocycles. The van der Waals surface area contributed by atoms with Gasteiger partial charge in [0.15, 0.2) is 0 Å². The fraction of sp³-hybridized carbons (Fsp3) is 0.810. The number of methoxy groups -OCH3 is 1. The molecular formula is C21H34N4O3. The standard InChI is InChI=1S/C21H34N4O3/c1-27-12-2-8-24-11-5-18-19(23-15-22-18)20(24)16-3-9-25(10-4-16)21(26)17-6-13-28-14-7-17/h15-17,20H,2-14H2,1H3,(H,22,23). The maximum atomic E-state index is 12.9. The second-order valence-corrected chi connectivity index (χ2v) is 8.39. The quantitative estimate of drug-likeness (QED) is 0.753. The second kappa shape index (κ2) is 9.37. The molecule has 0 bridgehead atoms. The van der Waals surface area contributed by atoms with Crippen molar-refractivity contribution in [2.24, 2.45) is 11.8 Å². The first-order chi connectivity index (χ1) is 13.8. The molecule has 3 aliphatic rings. The number of hydrogen-bond donors (Lipinski definition) is 1. The van der Waals surface area contributed by atoms with Crippen LogP contribution in [0.1, 0.15) is 49.5 Å². The summed E-state index contributed by atoms with van der Waals surface area (Å²) in [4.78, 5) is 25.6. The second-order valence-electron chi connectivity index (χ2n) is 8.39. The lowest BCUT2D eigenvalue weighted by Crippen LogP contribution is -2.47. The zero-order chi connectivity index (χ0) is 19.3. The van der Waals surface area contributed by atoms with Gasteiger partial charge in [-0.3, -0.25) is 9.69 Å². The Morgan fingerprint density at radius 2 is 2.04 bits per heavy atom. The number of imidazole rings is 1. The molecular weight excluding hydrogens is 356 g/mol. The lowest BCUT2D eigenvalue weighted by molar-refractivity contribution is -0.140. The van der Waals surface area contributed by atoms with Gasteiger partial charge in [-0.2, -0.15) is 0 Å². The van der Waals surface area contributed by atoms with Crippen LogP contribution in [0.4, 0.5) is 0 Å². The molecule has 0 aromatic carbocycles. The van der Waals surface area contributed by atoms with Crippen molar-refractivity contribution < 1.29 is 14.3 Å². The Bertz CT molecular complexity index is 635. The van der Waals surface area contributed by atoms with E-state index < -0.39 is 0 Å². The Hall–Kier alpha value is -1.44. The third kappa shape index (κ3) is 4.26. The molecule has 4 rings (SSSR count). The summed E-state index contributed by atoms with van der Waals surface area (Å²) in [5.41, 5.74) is 2.53. The molecule has 2 saturated heterocycles. The van der Waals surface area contributed by atoms with Gasteiger partial charge in [0.1, 0.15) is 0 Å². The van der Waals surface area contributed by atoms with Gasteiger partial charge in [0, 0.05) is 71.1 Å². The third-order valence-electron chi connectivity index (χ3n) is 6.74. The summed E-state index contributed by atoms with van der Waals surface area (Å²) in [6, 6.07) is 0.368. The highest BCUT2D eigenvalue weighted by Gasteiger charge is 2.38. The summed E-state index contributed by atoms with van der Waals surface area (Å²) < 4.78 is 10.7. The maximum absolute atomic E-state index is 12.9. The van der Waals surface area contributed by atoms with Crippen molar-refractivity contribution >= 4 is 5.91 Å². The number of H-pyrrole nitrogens is 1. The number of ether oxygens (including phenoxy) is 2. The fourth-order valence-corrected chi connectivity index (χ4v) is 5.18. The first-order valence-electron chi connectivity index (χ1n) is 10.9. The van der Waals surface area contributed by atoms with Gasteiger partial charge in [-0.25, -0.2) is 4.98 Å². The topological polar surface area (TPSA) is 70.7 Å². The molecule has 4 heterocycles. The van der Waals surface area contributed by atoms with Gasteiger partial charge in [-0.05, 0) is 38.0 Å². The molecule has 7 nitrogen and oxygen atoms in total. The highest BCUT2D eigenvalue weighted by molar-refractivity contribution is 5.79. The summed E-state index contributed by atoms with van der Waals surface area (Å²) in [5, 5.41) is 0. The highest BCUT2D eigenvalue weighted by atomic mass is 16.5. The van der Waals surface area contributed by atoms with Crippen molar-refractivity contribution in [2.45, 2.75) is 44.6 Å². The van der Waals surface area contributed by atoms with Gasteiger partial charge >= 0.3 is 0 Å². The monoisotopic (exact) mass is 390 g/mol. The number of aromatic nitrogens is 2. The Labute approximate surface area is 167 Å². The van der Waals surface area contributed by atoms with Crippen LogP contribution in [-0.2, 0) is 20.7 Å². The first-order valence-corrected chi connectivity index (χ1v) is 10.9. The molecule has 1 unspecified atom stereocenters. The Morgan fingerprint density at radius 1 is 1.25 bits per heavy atom. The van der Waals surface area contributed by atoms with Crippen molar-refractivity contribution in [1.29, 1.82) is 0 Å². The van der Waals surface area contributed by atoms with Crippen LogP contribution in [-0.4, -0.2) is 78.8 Å². The van der Waals surface area contributed by atoms with Crippen LogP contribution in [0.25, 0.3) is 0 Å². The summed E-state index contributed by atoms with van der Waals surface area (Å²) in [5.74, 6) is 1.08. The number of nitrogens with zero attached hydrogens (tertiary/aromatic N) is 3. The number of rotatable bonds is 6. The van der Waals surface area contributed by atoms with Crippen molar-refractivity contribution in [3.8, 4) is 0 Å². The van der Waals surface area contributed by atoms with Gasteiger partial charge in [-0.15, -0.1) is 0 Å². The predicted octanol–water partition coefficient (Wildman–Crippen LogP) is 2.01. The van der Waals surface area contributed by atoms with E-state index in [1.54, 1.807) is 7.11 Å². The van der Waals surface area contributed by atoms with Crippen molar-refractivity contribution in [3.63, 3.8) is 0 Å². The lowest BCUT2D eigenvalue weighted by atomic mass is 9.83. The minimum absolute atomic E-state index is 0.170. The van der Waals surface area contributed by atoms with E-state index in [0.717, 1.165) is 84.5 Å². The Morgan fingerprint density at radius 3 is 2.79 bits per heavy atom. The van der Waals surface area contributed by atoms with Crippen LogP contribution in [0.3, 0.4) is 0 Å². The maximum Gasteiger partial charge on any atom is 0.225 e. The normalized spacial score (nSPS) is 25.0. The average Bonchev–Trinajstić information content (AvgIpc) is 3.23. The van der Waals surface area contributed by atoms with E-state index in [1.165, 1.54) is 11.4 Å². The number of nitrogens with one attached hydrogen (secondary N) is 1. The number of likely N-dealkylation sites (tertiary alicyclic amines) is 1. The van der Waals surface area contributed by atoms with Gasteiger partial charge in [0.25, 0.3) is 0 Å². The number of carbonyl (C=O) groups excluding carboxylic acids is 1. The lowest BCUT2D eigenvalue weighted by Gasteiger charge is -2.43. The number of aromatic amines is 1. The summed E-state index contributed by atoms with van der Waals surface area (Å²) in [7, 11) is 1.77. The average molecular weight is 391 g/mol. The zero-order valence-electron chi connectivity index (χ0n) is 17.1. The van der Waals surface area contributed by atoms with Gasteiger partial charge < -0.3 is 19.4 Å². The van der Waals surface area contributed by atoms with E-state index in [4.69, 9.17) is 14.5 Å². The summed E-state index contributed by atoms with van der Waals surface area (Å²) in [6.45, 7) is 6.14. The number of fused-ring (bicyclic) bond motifs is 1. The van der Waals surface area contributed by atoms with E-state index in [-0.39, 0.29) is 5.92 Å². The van der Waals surface area contributed by atoms with Crippen LogP contribution < -0.4 is 0 Å². The number of piperidine rings is 1. The number of amides is 1. The highest BCUT2D eigenvalue weighted by Crippen LogP contribution is 2.39. The molecule has 1 aromatic rings. The Balaban J connectivity index is 1.39. The molecule has 0 saturated carbocycles. The minimum atomic E-state index is 0.170. The van der Waals surface area contributed by atoms with Gasteiger partial charge in [0.05, 0.1) is 18.1 Å². The van der Waals surface area contributed by atoms with Crippen LogP contribution >= 0.6 is 0 Å².